The summed E-state index contributed by atoms with van der Waals surface area (Å²) in [4.78, 5) is 11.7. The normalized spacial score (nSPS) is 10.2. The van der Waals surface area contributed by atoms with Gasteiger partial charge in [-0.05, 0) is 42.3 Å². The molecule has 0 unspecified atom stereocenters. The highest BCUT2D eigenvalue weighted by Gasteiger charge is 2.10. The van der Waals surface area contributed by atoms with E-state index in [1.165, 1.54) is 12.1 Å². The molecule has 110 valence electrons. The van der Waals surface area contributed by atoms with E-state index >= 15 is 0 Å². The van der Waals surface area contributed by atoms with Crippen molar-refractivity contribution in [2.75, 3.05) is 12.4 Å². The van der Waals surface area contributed by atoms with Crippen LogP contribution in [-0.4, -0.2) is 18.1 Å². The molecule has 2 aromatic carbocycles. The van der Waals surface area contributed by atoms with Gasteiger partial charge in [0.2, 0.25) is 0 Å². The van der Waals surface area contributed by atoms with E-state index in [1.54, 1.807) is 19.2 Å². The van der Waals surface area contributed by atoms with Crippen molar-refractivity contribution in [2.45, 2.75) is 13.5 Å². The standard InChI is InChI=1S/C16H17FN2O2/c1-10-14(16(21)18-2)4-3-5-15(10)19-9-11-6-12(17)8-13(20)7-11/h3-8,19-20H,9H2,1-2H3,(H,18,21). The number of nitrogens with one attached hydrogen (secondary N) is 2. The van der Waals surface area contributed by atoms with Crippen molar-refractivity contribution in [3.63, 3.8) is 0 Å². The fraction of sp³-hybridized carbons (Fsp3) is 0.188. The summed E-state index contributed by atoms with van der Waals surface area (Å²) in [7, 11) is 1.58. The van der Waals surface area contributed by atoms with Crippen LogP contribution >= 0.6 is 0 Å². The van der Waals surface area contributed by atoms with Gasteiger partial charge in [-0.1, -0.05) is 6.07 Å². The zero-order chi connectivity index (χ0) is 15.4. The summed E-state index contributed by atoms with van der Waals surface area (Å²) >= 11 is 0. The van der Waals surface area contributed by atoms with Crippen molar-refractivity contribution in [1.29, 1.82) is 0 Å². The number of halogens is 1. The van der Waals surface area contributed by atoms with Crippen LogP contribution in [0.4, 0.5) is 10.1 Å². The Morgan fingerprint density at radius 3 is 2.71 bits per heavy atom. The van der Waals surface area contributed by atoms with Crippen LogP contribution in [0.1, 0.15) is 21.5 Å². The lowest BCUT2D eigenvalue weighted by molar-refractivity contribution is 0.0962. The first kappa shape index (κ1) is 14.8. The van der Waals surface area contributed by atoms with Crippen LogP contribution in [0.2, 0.25) is 0 Å². The number of hydrogen-bond donors (Lipinski definition) is 3. The van der Waals surface area contributed by atoms with E-state index in [2.05, 4.69) is 10.6 Å². The summed E-state index contributed by atoms with van der Waals surface area (Å²) < 4.78 is 13.2. The summed E-state index contributed by atoms with van der Waals surface area (Å²) in [6.07, 6.45) is 0. The Balaban J connectivity index is 2.18. The zero-order valence-corrected chi connectivity index (χ0v) is 11.9. The third kappa shape index (κ3) is 3.51. The number of anilines is 1. The second-order valence-corrected chi connectivity index (χ2v) is 4.73. The molecule has 0 atom stereocenters. The summed E-state index contributed by atoms with van der Waals surface area (Å²) in [5.74, 6) is -0.746. The van der Waals surface area contributed by atoms with E-state index in [0.29, 0.717) is 17.7 Å². The Labute approximate surface area is 122 Å². The summed E-state index contributed by atoms with van der Waals surface area (Å²) in [5, 5.41) is 15.1. The lowest BCUT2D eigenvalue weighted by Gasteiger charge is -2.13. The third-order valence-electron chi connectivity index (χ3n) is 3.23. The van der Waals surface area contributed by atoms with Gasteiger partial charge >= 0.3 is 0 Å². The van der Waals surface area contributed by atoms with Crippen LogP contribution in [0.25, 0.3) is 0 Å². The lowest BCUT2D eigenvalue weighted by Crippen LogP contribution is -2.19. The minimum absolute atomic E-state index is 0.109. The van der Waals surface area contributed by atoms with Gasteiger partial charge in [-0.2, -0.15) is 0 Å². The molecule has 0 saturated heterocycles. The van der Waals surface area contributed by atoms with Crippen molar-refractivity contribution in [1.82, 2.24) is 5.32 Å². The molecule has 0 heterocycles. The predicted molar refractivity (Wildman–Crippen MR) is 80.0 cm³/mol. The Morgan fingerprint density at radius 1 is 1.29 bits per heavy atom. The number of phenolic OH excluding ortho intramolecular Hbond substituents is 1. The van der Waals surface area contributed by atoms with Gasteiger partial charge in [-0.15, -0.1) is 0 Å². The number of rotatable bonds is 4. The van der Waals surface area contributed by atoms with E-state index < -0.39 is 5.82 Å². The Bertz CT molecular complexity index is 651. The van der Waals surface area contributed by atoms with Gasteiger partial charge in [0.1, 0.15) is 11.6 Å². The molecule has 21 heavy (non-hydrogen) atoms. The predicted octanol–water partition coefficient (Wildman–Crippen LogP) is 2.81. The first-order valence-electron chi connectivity index (χ1n) is 6.55. The minimum Gasteiger partial charge on any atom is -0.508 e. The maximum Gasteiger partial charge on any atom is 0.251 e. The topological polar surface area (TPSA) is 61.4 Å². The highest BCUT2D eigenvalue weighted by atomic mass is 19.1. The van der Waals surface area contributed by atoms with E-state index in [4.69, 9.17) is 0 Å². The number of carbonyl (C=O) groups excluding carboxylic acids is 1. The number of aromatic hydroxyl groups is 1. The molecule has 0 aliphatic rings. The molecule has 0 bridgehead atoms. The minimum atomic E-state index is -0.484. The van der Waals surface area contributed by atoms with E-state index in [-0.39, 0.29) is 11.7 Å². The quantitative estimate of drug-likeness (QED) is 0.810. The highest BCUT2D eigenvalue weighted by molar-refractivity contribution is 5.96. The Morgan fingerprint density at radius 2 is 2.05 bits per heavy atom. The average molecular weight is 288 g/mol. The van der Waals surface area contributed by atoms with Gasteiger partial charge in [0, 0.05) is 30.9 Å². The molecule has 0 aromatic heterocycles. The van der Waals surface area contributed by atoms with Gasteiger partial charge in [0.05, 0.1) is 0 Å². The molecule has 0 aliphatic carbocycles. The second kappa shape index (κ2) is 6.26. The monoisotopic (exact) mass is 288 g/mol. The zero-order valence-electron chi connectivity index (χ0n) is 11.9. The third-order valence-corrected chi connectivity index (χ3v) is 3.23. The first-order chi connectivity index (χ1) is 10.0. The van der Waals surface area contributed by atoms with Gasteiger partial charge in [0.25, 0.3) is 5.91 Å². The molecular weight excluding hydrogens is 271 g/mol. The lowest BCUT2D eigenvalue weighted by atomic mass is 10.1. The molecule has 4 nitrogen and oxygen atoms in total. The van der Waals surface area contributed by atoms with Crippen LogP contribution in [0.3, 0.4) is 0 Å². The maximum atomic E-state index is 13.2. The summed E-state index contributed by atoms with van der Waals surface area (Å²) in [6.45, 7) is 2.19. The number of phenols is 1. The molecule has 5 heteroatoms. The first-order valence-corrected chi connectivity index (χ1v) is 6.55. The van der Waals surface area contributed by atoms with Crippen molar-refractivity contribution in [3.8, 4) is 5.75 Å². The number of carbonyl (C=O) groups is 1. The molecule has 2 rings (SSSR count). The maximum absolute atomic E-state index is 13.2. The second-order valence-electron chi connectivity index (χ2n) is 4.73. The summed E-state index contributed by atoms with van der Waals surface area (Å²) in [5.41, 5.74) is 2.82. The van der Waals surface area contributed by atoms with Gasteiger partial charge in [-0.25, -0.2) is 4.39 Å². The molecule has 0 spiro atoms. The van der Waals surface area contributed by atoms with Crippen LogP contribution in [0.5, 0.6) is 5.75 Å². The highest BCUT2D eigenvalue weighted by Crippen LogP contribution is 2.21. The van der Waals surface area contributed by atoms with Gasteiger partial charge in [-0.3, -0.25) is 4.79 Å². The molecular formula is C16H17FN2O2. The van der Waals surface area contributed by atoms with Gasteiger partial charge in [0.15, 0.2) is 0 Å². The molecule has 0 aliphatic heterocycles. The smallest absolute Gasteiger partial charge is 0.251 e. The SMILES string of the molecule is CNC(=O)c1cccc(NCc2cc(O)cc(F)c2)c1C. The largest absolute Gasteiger partial charge is 0.508 e. The van der Waals surface area contributed by atoms with E-state index in [9.17, 15) is 14.3 Å². The fourth-order valence-corrected chi connectivity index (χ4v) is 2.14. The van der Waals surface area contributed by atoms with Crippen LogP contribution in [0.15, 0.2) is 36.4 Å². The molecule has 3 N–H and O–H groups in total. The number of amides is 1. The van der Waals surface area contributed by atoms with Crippen molar-refractivity contribution < 1.29 is 14.3 Å². The molecule has 0 saturated carbocycles. The molecule has 2 aromatic rings. The molecule has 0 radical (unpaired) electrons. The fourth-order valence-electron chi connectivity index (χ4n) is 2.14. The summed E-state index contributed by atoms with van der Waals surface area (Å²) in [6, 6.07) is 9.27. The molecule has 0 fully saturated rings. The van der Waals surface area contributed by atoms with Crippen molar-refractivity contribution >= 4 is 11.6 Å². The van der Waals surface area contributed by atoms with E-state index in [0.717, 1.165) is 17.3 Å². The van der Waals surface area contributed by atoms with Crippen molar-refractivity contribution in [3.05, 3.63) is 58.9 Å². The van der Waals surface area contributed by atoms with Gasteiger partial charge < -0.3 is 15.7 Å². The Hall–Kier alpha value is -2.56. The van der Waals surface area contributed by atoms with E-state index in [1.807, 2.05) is 13.0 Å². The molecule has 1 amide bonds. The Kier molecular flexibility index (Phi) is 4.42. The number of hydrogen-bond acceptors (Lipinski definition) is 3. The van der Waals surface area contributed by atoms with Crippen LogP contribution in [-0.2, 0) is 6.54 Å². The average Bonchev–Trinajstić information content (AvgIpc) is 2.44. The van der Waals surface area contributed by atoms with Crippen LogP contribution in [0, 0.1) is 12.7 Å². The van der Waals surface area contributed by atoms with Crippen molar-refractivity contribution in [2.24, 2.45) is 0 Å². The number of benzene rings is 2. The van der Waals surface area contributed by atoms with Crippen LogP contribution < -0.4 is 10.6 Å².